The number of anilines is 1. The van der Waals surface area contributed by atoms with Gasteiger partial charge in [0, 0.05) is 6.54 Å². The van der Waals surface area contributed by atoms with Gasteiger partial charge in [-0.2, -0.15) is 9.97 Å². The predicted molar refractivity (Wildman–Crippen MR) is 77.1 cm³/mol. The van der Waals surface area contributed by atoms with E-state index in [1.165, 1.54) is 18.5 Å². The Morgan fingerprint density at radius 2 is 2.19 bits per heavy atom. The molecule has 3 aromatic rings. The average Bonchev–Trinajstić information content (AvgIpc) is 2.91. The molecule has 7 heteroatoms. The molecule has 3 rings (SSSR count). The maximum atomic E-state index is 13.1. The zero-order chi connectivity index (χ0) is 14.8. The number of aryl methyl sites for hydroxylation is 1. The summed E-state index contributed by atoms with van der Waals surface area (Å²) < 4.78 is 18.9. The second kappa shape index (κ2) is 5.35. The molecule has 0 saturated heterocycles. The van der Waals surface area contributed by atoms with Gasteiger partial charge in [0.15, 0.2) is 5.65 Å². The molecule has 0 amide bonds. The third-order valence-corrected chi connectivity index (χ3v) is 2.93. The number of fused-ring (bicyclic) bond motifs is 1. The van der Waals surface area contributed by atoms with Crippen LogP contribution in [0.15, 0.2) is 24.5 Å². The maximum absolute atomic E-state index is 13.1. The second-order valence-electron chi connectivity index (χ2n) is 4.50. The Morgan fingerprint density at radius 1 is 1.33 bits per heavy atom. The predicted octanol–water partition coefficient (Wildman–Crippen LogP) is 3.02. The Labute approximate surface area is 120 Å². The zero-order valence-electron chi connectivity index (χ0n) is 11.6. The van der Waals surface area contributed by atoms with Gasteiger partial charge < -0.3 is 15.0 Å². The Kier molecular flexibility index (Phi) is 3.39. The van der Waals surface area contributed by atoms with Crippen LogP contribution in [0.1, 0.15) is 12.5 Å². The largest absolute Gasteiger partial charge is 0.437 e. The van der Waals surface area contributed by atoms with Crippen molar-refractivity contribution in [2.75, 3.05) is 11.9 Å². The number of rotatable bonds is 4. The Bertz CT molecular complexity index is 786. The monoisotopic (exact) mass is 287 g/mol. The van der Waals surface area contributed by atoms with Crippen LogP contribution in [0.3, 0.4) is 0 Å². The first-order chi connectivity index (χ1) is 10.2. The van der Waals surface area contributed by atoms with Crippen LogP contribution in [0.25, 0.3) is 11.2 Å². The normalized spacial score (nSPS) is 10.8. The third-order valence-electron chi connectivity index (χ3n) is 2.93. The van der Waals surface area contributed by atoms with Crippen LogP contribution in [-0.2, 0) is 0 Å². The molecule has 0 unspecified atom stereocenters. The number of aromatic amines is 1. The van der Waals surface area contributed by atoms with Gasteiger partial charge in [-0.25, -0.2) is 9.37 Å². The summed E-state index contributed by atoms with van der Waals surface area (Å²) in [6.07, 6.45) is 1.53. The second-order valence-corrected chi connectivity index (χ2v) is 4.50. The number of nitrogens with one attached hydrogen (secondary N) is 2. The van der Waals surface area contributed by atoms with Crippen LogP contribution in [-0.4, -0.2) is 26.5 Å². The standard InChI is InChI=1S/C14H14FN5O/c1-3-16-14-19-12-11(17-7-18-12)13(20-14)21-10-5-4-9(15)6-8(10)2/h4-7H,3H2,1-2H3,(H2,16,17,18,19,20). The molecule has 108 valence electrons. The van der Waals surface area contributed by atoms with Crippen molar-refractivity contribution in [2.45, 2.75) is 13.8 Å². The van der Waals surface area contributed by atoms with Crippen LogP contribution in [0, 0.1) is 12.7 Å². The summed E-state index contributed by atoms with van der Waals surface area (Å²) >= 11 is 0. The van der Waals surface area contributed by atoms with Gasteiger partial charge in [0.25, 0.3) is 5.88 Å². The lowest BCUT2D eigenvalue weighted by atomic mass is 10.2. The van der Waals surface area contributed by atoms with E-state index in [4.69, 9.17) is 4.74 Å². The van der Waals surface area contributed by atoms with Crippen LogP contribution in [0.4, 0.5) is 10.3 Å². The van der Waals surface area contributed by atoms with Gasteiger partial charge in [-0.05, 0) is 37.6 Å². The number of aromatic nitrogens is 4. The number of hydrogen-bond donors (Lipinski definition) is 2. The van der Waals surface area contributed by atoms with Gasteiger partial charge in [-0.1, -0.05) is 0 Å². The number of benzene rings is 1. The highest BCUT2D eigenvalue weighted by atomic mass is 19.1. The lowest BCUT2D eigenvalue weighted by Gasteiger charge is -2.09. The lowest BCUT2D eigenvalue weighted by molar-refractivity contribution is 0.462. The highest BCUT2D eigenvalue weighted by Crippen LogP contribution is 2.28. The zero-order valence-corrected chi connectivity index (χ0v) is 11.6. The van der Waals surface area contributed by atoms with Gasteiger partial charge in [0.2, 0.25) is 5.95 Å². The molecular formula is C14H14FN5O. The molecule has 6 nitrogen and oxygen atoms in total. The summed E-state index contributed by atoms with van der Waals surface area (Å²) in [5, 5.41) is 3.02. The molecule has 0 aliphatic rings. The lowest BCUT2D eigenvalue weighted by Crippen LogP contribution is -2.04. The quantitative estimate of drug-likeness (QED) is 0.771. The van der Waals surface area contributed by atoms with Crippen molar-refractivity contribution < 1.29 is 9.13 Å². The van der Waals surface area contributed by atoms with Gasteiger partial charge in [0.05, 0.1) is 6.33 Å². The molecule has 2 heterocycles. The fraction of sp³-hybridized carbons (Fsp3) is 0.214. The Balaban J connectivity index is 2.04. The summed E-state index contributed by atoms with van der Waals surface area (Å²) in [6, 6.07) is 4.33. The van der Waals surface area contributed by atoms with Crippen LogP contribution >= 0.6 is 0 Å². The summed E-state index contributed by atoms with van der Waals surface area (Å²) in [5.41, 5.74) is 1.79. The molecule has 0 fully saturated rings. The Morgan fingerprint density at radius 3 is 2.95 bits per heavy atom. The fourth-order valence-electron chi connectivity index (χ4n) is 1.95. The molecule has 1 aromatic carbocycles. The topological polar surface area (TPSA) is 75.7 Å². The molecule has 21 heavy (non-hydrogen) atoms. The van der Waals surface area contributed by atoms with E-state index in [1.54, 1.807) is 13.0 Å². The van der Waals surface area contributed by atoms with Crippen molar-refractivity contribution in [1.82, 2.24) is 19.9 Å². The minimum atomic E-state index is -0.303. The van der Waals surface area contributed by atoms with Crippen molar-refractivity contribution >= 4 is 17.1 Å². The SMILES string of the molecule is CCNc1nc(Oc2ccc(F)cc2C)c2[nH]cnc2n1. The minimum Gasteiger partial charge on any atom is -0.437 e. The van der Waals surface area contributed by atoms with Crippen molar-refractivity contribution in [1.29, 1.82) is 0 Å². The highest BCUT2D eigenvalue weighted by molar-refractivity contribution is 5.77. The van der Waals surface area contributed by atoms with E-state index in [9.17, 15) is 4.39 Å². The molecule has 0 bridgehead atoms. The van der Waals surface area contributed by atoms with E-state index in [0.29, 0.717) is 40.8 Å². The molecule has 0 saturated carbocycles. The third kappa shape index (κ3) is 2.62. The fourth-order valence-corrected chi connectivity index (χ4v) is 1.95. The first kappa shape index (κ1) is 13.3. The van der Waals surface area contributed by atoms with Gasteiger partial charge in [0.1, 0.15) is 17.1 Å². The van der Waals surface area contributed by atoms with Crippen LogP contribution < -0.4 is 10.1 Å². The summed E-state index contributed by atoms with van der Waals surface area (Å²) in [6.45, 7) is 4.41. The average molecular weight is 287 g/mol. The first-order valence-electron chi connectivity index (χ1n) is 6.56. The van der Waals surface area contributed by atoms with Crippen molar-refractivity contribution in [3.63, 3.8) is 0 Å². The van der Waals surface area contributed by atoms with Crippen LogP contribution in [0.2, 0.25) is 0 Å². The number of halogens is 1. The van der Waals surface area contributed by atoms with E-state index in [1.807, 2.05) is 6.92 Å². The van der Waals surface area contributed by atoms with Gasteiger partial charge in [-0.15, -0.1) is 0 Å². The van der Waals surface area contributed by atoms with Crippen LogP contribution in [0.5, 0.6) is 11.6 Å². The molecule has 0 radical (unpaired) electrons. The van der Waals surface area contributed by atoms with Gasteiger partial charge >= 0.3 is 0 Å². The molecule has 0 aliphatic carbocycles. The van der Waals surface area contributed by atoms with Crippen molar-refractivity contribution in [3.05, 3.63) is 35.9 Å². The van der Waals surface area contributed by atoms with Crippen molar-refractivity contribution in [3.8, 4) is 11.6 Å². The summed E-state index contributed by atoms with van der Waals surface area (Å²) in [7, 11) is 0. The molecule has 0 atom stereocenters. The van der Waals surface area contributed by atoms with E-state index in [0.717, 1.165) is 0 Å². The maximum Gasteiger partial charge on any atom is 0.250 e. The first-order valence-corrected chi connectivity index (χ1v) is 6.56. The van der Waals surface area contributed by atoms with Gasteiger partial charge in [-0.3, -0.25) is 0 Å². The Hall–Kier alpha value is -2.70. The highest BCUT2D eigenvalue weighted by Gasteiger charge is 2.13. The number of nitrogens with zero attached hydrogens (tertiary/aromatic N) is 3. The molecular weight excluding hydrogens is 273 g/mol. The van der Waals surface area contributed by atoms with E-state index in [2.05, 4.69) is 25.3 Å². The summed E-state index contributed by atoms with van der Waals surface area (Å²) in [5.74, 6) is 1.02. The molecule has 2 aromatic heterocycles. The number of imidazole rings is 1. The molecule has 0 aliphatic heterocycles. The number of H-pyrrole nitrogens is 1. The summed E-state index contributed by atoms with van der Waals surface area (Å²) in [4.78, 5) is 15.6. The number of hydrogen-bond acceptors (Lipinski definition) is 5. The smallest absolute Gasteiger partial charge is 0.250 e. The van der Waals surface area contributed by atoms with E-state index >= 15 is 0 Å². The van der Waals surface area contributed by atoms with Crippen molar-refractivity contribution in [2.24, 2.45) is 0 Å². The minimum absolute atomic E-state index is 0.303. The number of ether oxygens (including phenoxy) is 1. The molecule has 0 spiro atoms. The van der Waals surface area contributed by atoms with E-state index in [-0.39, 0.29) is 5.82 Å². The molecule has 2 N–H and O–H groups in total. The van der Waals surface area contributed by atoms with E-state index < -0.39 is 0 Å².